The molecule has 2 aliphatic carbocycles. The fourth-order valence-corrected chi connectivity index (χ4v) is 5.77. The number of esters is 1. The number of fused-ring (bicyclic) bond motifs is 1. The van der Waals surface area contributed by atoms with Crippen LogP contribution in [-0.4, -0.2) is 55.2 Å². The molecule has 3 aromatic rings. The van der Waals surface area contributed by atoms with E-state index in [4.69, 9.17) is 23.9 Å². The monoisotopic (exact) mass is 536 g/mol. The maximum atomic E-state index is 12.6. The van der Waals surface area contributed by atoms with Crippen molar-refractivity contribution in [1.82, 2.24) is 29.9 Å². The predicted molar refractivity (Wildman–Crippen MR) is 141 cm³/mol. The first-order valence-corrected chi connectivity index (χ1v) is 13.5. The molecule has 0 bridgehead atoms. The Balaban J connectivity index is 1.24. The maximum Gasteiger partial charge on any atom is 0.317 e. The summed E-state index contributed by atoms with van der Waals surface area (Å²) in [4.78, 5) is 25.9. The van der Waals surface area contributed by atoms with Crippen LogP contribution in [0.2, 0.25) is 0 Å². The molecule has 2 saturated carbocycles. The Morgan fingerprint density at radius 2 is 1.97 bits per heavy atom. The second kappa shape index (κ2) is 11.6. The molecular weight excluding hydrogens is 500 g/mol. The Bertz CT molecular complexity index is 1310. The topological polar surface area (TPSA) is 123 Å². The summed E-state index contributed by atoms with van der Waals surface area (Å²) >= 11 is 0. The fraction of sp³-hybridized carbons (Fsp3) is 0.571. The van der Waals surface area contributed by atoms with Gasteiger partial charge >= 0.3 is 12.0 Å². The lowest BCUT2D eigenvalue weighted by molar-refractivity contribution is -0.153. The summed E-state index contributed by atoms with van der Waals surface area (Å²) in [5.74, 6) is 1.51. The third kappa shape index (κ3) is 6.03. The standard InChI is InChI=1S/C28H36N6O5/c1-16(2)38-27(35)21-7-6-18-12-20(13-22(18)21)39-25-9-8-23(30-17(25)3)26-24(34(4)33-32-26)15-37-28-29-11-10-19(31-28)14-36-5/h8-11,16,18,20-22H,6-7,12-15H2,1-5H3/t18-,20-,21-,22+/m0/s1. The normalized spacial score (nSPS) is 22.2. The van der Waals surface area contributed by atoms with E-state index in [9.17, 15) is 4.79 Å². The van der Waals surface area contributed by atoms with Crippen molar-refractivity contribution in [2.24, 2.45) is 24.8 Å². The summed E-state index contributed by atoms with van der Waals surface area (Å²) in [6, 6.07) is 5.86. The summed E-state index contributed by atoms with van der Waals surface area (Å²) in [5, 5.41) is 8.50. The average molecular weight is 537 g/mol. The zero-order chi connectivity index (χ0) is 27.5. The number of pyridine rings is 1. The van der Waals surface area contributed by atoms with Gasteiger partial charge < -0.3 is 18.9 Å². The van der Waals surface area contributed by atoms with E-state index in [1.807, 2.05) is 40.0 Å². The molecule has 0 aliphatic heterocycles. The van der Waals surface area contributed by atoms with Gasteiger partial charge in [0.15, 0.2) is 0 Å². The molecule has 0 aromatic carbocycles. The van der Waals surface area contributed by atoms with Gasteiger partial charge in [-0.2, -0.15) is 4.98 Å². The van der Waals surface area contributed by atoms with Crippen molar-refractivity contribution in [2.75, 3.05) is 7.11 Å². The first-order valence-electron chi connectivity index (χ1n) is 13.5. The molecule has 0 N–H and O–H groups in total. The number of ether oxygens (including phenoxy) is 4. The lowest BCUT2D eigenvalue weighted by Crippen LogP contribution is -2.25. The van der Waals surface area contributed by atoms with Gasteiger partial charge in [0, 0.05) is 20.4 Å². The summed E-state index contributed by atoms with van der Waals surface area (Å²) in [7, 11) is 3.42. The molecule has 2 aliphatic rings. The highest BCUT2D eigenvalue weighted by Crippen LogP contribution is 2.49. The number of aryl methyl sites for hydroxylation is 2. The van der Waals surface area contributed by atoms with Crippen molar-refractivity contribution in [2.45, 2.75) is 71.9 Å². The van der Waals surface area contributed by atoms with Crippen molar-refractivity contribution in [3.05, 3.63) is 41.5 Å². The van der Waals surface area contributed by atoms with Crippen molar-refractivity contribution in [3.63, 3.8) is 0 Å². The largest absolute Gasteiger partial charge is 0.489 e. The minimum absolute atomic E-state index is 0.0160. The number of hydrogen-bond donors (Lipinski definition) is 0. The Morgan fingerprint density at radius 3 is 2.74 bits per heavy atom. The zero-order valence-electron chi connectivity index (χ0n) is 23.2. The van der Waals surface area contributed by atoms with E-state index in [1.165, 1.54) is 0 Å². The van der Waals surface area contributed by atoms with Crippen LogP contribution in [0.25, 0.3) is 11.4 Å². The third-order valence-corrected chi connectivity index (χ3v) is 7.56. The van der Waals surface area contributed by atoms with Crippen LogP contribution in [0, 0.1) is 24.7 Å². The Labute approximate surface area is 228 Å². The van der Waals surface area contributed by atoms with E-state index in [0.717, 1.165) is 48.5 Å². The second-order valence-corrected chi connectivity index (χ2v) is 10.6. The van der Waals surface area contributed by atoms with Crippen molar-refractivity contribution in [1.29, 1.82) is 0 Å². The smallest absolute Gasteiger partial charge is 0.317 e. The van der Waals surface area contributed by atoms with Gasteiger partial charge in [0.25, 0.3) is 0 Å². The van der Waals surface area contributed by atoms with Crippen LogP contribution in [0.3, 0.4) is 0 Å². The Morgan fingerprint density at radius 1 is 1.13 bits per heavy atom. The number of rotatable bonds is 10. The Kier molecular flexibility index (Phi) is 8.06. The van der Waals surface area contributed by atoms with E-state index in [2.05, 4.69) is 20.3 Å². The molecule has 208 valence electrons. The highest BCUT2D eigenvalue weighted by atomic mass is 16.5. The molecule has 0 spiro atoms. The third-order valence-electron chi connectivity index (χ3n) is 7.56. The van der Waals surface area contributed by atoms with Crippen LogP contribution in [0.1, 0.15) is 56.6 Å². The van der Waals surface area contributed by atoms with E-state index in [-0.39, 0.29) is 36.7 Å². The number of nitrogens with zero attached hydrogens (tertiary/aromatic N) is 6. The van der Waals surface area contributed by atoms with Crippen LogP contribution in [0.4, 0.5) is 0 Å². The molecule has 11 nitrogen and oxygen atoms in total. The van der Waals surface area contributed by atoms with E-state index in [1.54, 1.807) is 24.1 Å². The van der Waals surface area contributed by atoms with Gasteiger partial charge in [-0.1, -0.05) is 5.21 Å². The molecule has 2 fully saturated rings. The van der Waals surface area contributed by atoms with E-state index < -0.39 is 0 Å². The number of hydrogen-bond acceptors (Lipinski definition) is 10. The first kappa shape index (κ1) is 27.0. The van der Waals surface area contributed by atoms with Crippen LogP contribution < -0.4 is 9.47 Å². The van der Waals surface area contributed by atoms with Gasteiger partial charge in [0.05, 0.1) is 41.8 Å². The highest BCUT2D eigenvalue weighted by Gasteiger charge is 2.47. The molecule has 11 heteroatoms. The van der Waals surface area contributed by atoms with Crippen molar-refractivity contribution in [3.8, 4) is 23.1 Å². The number of carbonyl (C=O) groups excluding carboxylic acids is 1. The van der Waals surface area contributed by atoms with Gasteiger partial charge in [0.2, 0.25) is 0 Å². The van der Waals surface area contributed by atoms with Gasteiger partial charge in [-0.05, 0) is 76.5 Å². The number of carbonyl (C=O) groups is 1. The maximum absolute atomic E-state index is 12.6. The molecule has 0 saturated heterocycles. The van der Waals surface area contributed by atoms with E-state index >= 15 is 0 Å². The van der Waals surface area contributed by atoms with Crippen molar-refractivity contribution >= 4 is 5.97 Å². The average Bonchev–Trinajstić information content (AvgIpc) is 3.58. The van der Waals surface area contributed by atoms with Crippen molar-refractivity contribution < 1.29 is 23.7 Å². The summed E-state index contributed by atoms with van der Waals surface area (Å²) in [6.07, 6.45) is 5.40. The second-order valence-electron chi connectivity index (χ2n) is 10.6. The van der Waals surface area contributed by atoms with E-state index in [0.29, 0.717) is 29.8 Å². The van der Waals surface area contributed by atoms with Crippen LogP contribution in [0.5, 0.6) is 11.8 Å². The molecule has 39 heavy (non-hydrogen) atoms. The summed E-state index contributed by atoms with van der Waals surface area (Å²) in [5.41, 5.74) is 3.56. The quantitative estimate of drug-likeness (QED) is 0.353. The lowest BCUT2D eigenvalue weighted by atomic mass is 9.92. The molecule has 4 atom stereocenters. The molecule has 3 heterocycles. The first-order chi connectivity index (χ1) is 18.8. The SMILES string of the molecule is COCc1ccnc(OCc2c(-c3ccc(O[C@H]4C[C@@H]5CC[C@H](C(=O)OC(C)C)[C@@H]5C4)c(C)n3)nnn2C)n1. The molecule has 0 radical (unpaired) electrons. The fourth-order valence-electron chi connectivity index (χ4n) is 5.77. The molecular formula is C28H36N6O5. The Hall–Kier alpha value is -3.60. The minimum Gasteiger partial charge on any atom is -0.489 e. The molecule has 5 rings (SSSR count). The lowest BCUT2D eigenvalue weighted by Gasteiger charge is -2.20. The van der Waals surface area contributed by atoms with Crippen LogP contribution >= 0.6 is 0 Å². The number of aromatic nitrogens is 6. The summed E-state index contributed by atoms with van der Waals surface area (Å²) in [6.45, 7) is 6.29. The summed E-state index contributed by atoms with van der Waals surface area (Å²) < 4.78 is 24.6. The van der Waals surface area contributed by atoms with Crippen LogP contribution in [0.15, 0.2) is 24.4 Å². The van der Waals surface area contributed by atoms with Gasteiger partial charge in [-0.3, -0.25) is 4.79 Å². The molecule has 0 unspecified atom stereocenters. The molecule has 3 aromatic heterocycles. The van der Waals surface area contributed by atoms with Gasteiger partial charge in [-0.25, -0.2) is 14.6 Å². The zero-order valence-corrected chi connectivity index (χ0v) is 23.2. The number of methoxy groups -OCH3 is 1. The molecule has 0 amide bonds. The van der Waals surface area contributed by atoms with Gasteiger partial charge in [-0.15, -0.1) is 5.10 Å². The highest BCUT2D eigenvalue weighted by molar-refractivity contribution is 5.73. The minimum atomic E-state index is -0.0842. The predicted octanol–water partition coefficient (Wildman–Crippen LogP) is 3.84. The van der Waals surface area contributed by atoms with Crippen LogP contribution in [-0.2, 0) is 34.5 Å². The van der Waals surface area contributed by atoms with Gasteiger partial charge in [0.1, 0.15) is 23.7 Å².